The van der Waals surface area contributed by atoms with Crippen LogP contribution in [0.3, 0.4) is 0 Å². The number of carbonyl (C=O) groups excluding carboxylic acids is 1. The summed E-state index contributed by atoms with van der Waals surface area (Å²) >= 11 is 0. The Morgan fingerprint density at radius 1 is 1.03 bits per heavy atom. The van der Waals surface area contributed by atoms with E-state index in [0.29, 0.717) is 11.3 Å². The van der Waals surface area contributed by atoms with E-state index in [2.05, 4.69) is 15.3 Å². The molecule has 9 nitrogen and oxygen atoms in total. The summed E-state index contributed by atoms with van der Waals surface area (Å²) in [6, 6.07) is 22.2. The number of aromatic nitrogens is 2. The first-order valence-electron chi connectivity index (χ1n) is 12.1. The molecule has 0 aliphatic heterocycles. The summed E-state index contributed by atoms with van der Waals surface area (Å²) in [6.07, 6.45) is 0. The van der Waals surface area contributed by atoms with Gasteiger partial charge in [-0.15, -0.1) is 0 Å². The first kappa shape index (κ1) is 26.4. The molecule has 0 unspecified atom stereocenters. The van der Waals surface area contributed by atoms with E-state index >= 15 is 0 Å². The van der Waals surface area contributed by atoms with Crippen LogP contribution in [0.1, 0.15) is 40.0 Å². The Kier molecular flexibility index (Phi) is 7.78. The maximum absolute atomic E-state index is 12.8. The summed E-state index contributed by atoms with van der Waals surface area (Å²) in [4.78, 5) is 38.3. The van der Waals surface area contributed by atoms with Gasteiger partial charge < -0.3 is 10.2 Å². The van der Waals surface area contributed by atoms with Crippen LogP contribution in [0, 0.1) is 17.0 Å². The van der Waals surface area contributed by atoms with Gasteiger partial charge in [0.25, 0.3) is 17.2 Å². The van der Waals surface area contributed by atoms with Gasteiger partial charge in [-0.3, -0.25) is 19.7 Å². The van der Waals surface area contributed by atoms with Crippen LogP contribution in [0.4, 0.5) is 11.4 Å². The van der Waals surface area contributed by atoms with Crippen molar-refractivity contribution >= 4 is 17.3 Å². The highest BCUT2D eigenvalue weighted by Crippen LogP contribution is 2.26. The van der Waals surface area contributed by atoms with E-state index in [4.69, 9.17) is 0 Å². The lowest BCUT2D eigenvalue weighted by molar-refractivity contribution is -0.383. The van der Waals surface area contributed by atoms with E-state index < -0.39 is 10.8 Å². The van der Waals surface area contributed by atoms with Gasteiger partial charge in [-0.25, -0.2) is 4.68 Å². The normalized spacial score (nSPS) is 11.8. The highest BCUT2D eigenvalue weighted by atomic mass is 16.6. The van der Waals surface area contributed by atoms with Gasteiger partial charge in [-0.05, 0) is 68.9 Å². The molecule has 0 aliphatic carbocycles. The lowest BCUT2D eigenvalue weighted by atomic mass is 10.1. The first-order valence-corrected chi connectivity index (χ1v) is 12.1. The summed E-state index contributed by atoms with van der Waals surface area (Å²) < 4.78 is 1.42. The number of rotatable bonds is 8. The molecule has 1 aromatic heterocycles. The first-order chi connectivity index (χ1) is 18.1. The molecule has 1 heterocycles. The predicted octanol–water partition coefficient (Wildman–Crippen LogP) is 5.05. The Bertz CT molecular complexity index is 1530. The lowest BCUT2D eigenvalue weighted by Crippen LogP contribution is -2.26. The van der Waals surface area contributed by atoms with Crippen LogP contribution in [0.25, 0.3) is 11.3 Å². The maximum atomic E-state index is 12.8. The third-order valence-electron chi connectivity index (χ3n) is 6.19. The Hall–Kier alpha value is -4.63. The fourth-order valence-electron chi connectivity index (χ4n) is 4.16. The number of anilines is 1. The van der Waals surface area contributed by atoms with Crippen molar-refractivity contribution in [3.05, 3.63) is 122 Å². The van der Waals surface area contributed by atoms with Gasteiger partial charge in [0.1, 0.15) is 5.69 Å². The average Bonchev–Trinajstić information content (AvgIpc) is 2.89. The van der Waals surface area contributed by atoms with Gasteiger partial charge in [0.15, 0.2) is 0 Å². The average molecular weight is 512 g/mol. The van der Waals surface area contributed by atoms with Crippen LogP contribution >= 0.6 is 0 Å². The molecule has 38 heavy (non-hydrogen) atoms. The number of nitrogens with zero attached hydrogens (tertiary/aromatic N) is 4. The van der Waals surface area contributed by atoms with Crippen LogP contribution in [0.15, 0.2) is 83.7 Å². The number of hydrogen-bond acceptors (Lipinski definition) is 6. The summed E-state index contributed by atoms with van der Waals surface area (Å²) in [7, 11) is 4.03. The van der Waals surface area contributed by atoms with Crippen LogP contribution in [-0.2, 0) is 6.54 Å². The minimum absolute atomic E-state index is 0.139. The number of benzene rings is 3. The Morgan fingerprint density at radius 3 is 2.34 bits per heavy atom. The smallest absolute Gasteiger partial charge is 0.292 e. The lowest BCUT2D eigenvalue weighted by Gasteiger charge is -2.16. The Morgan fingerprint density at radius 2 is 1.71 bits per heavy atom. The van der Waals surface area contributed by atoms with E-state index in [1.54, 1.807) is 49.4 Å². The molecule has 4 rings (SSSR count). The second-order valence-corrected chi connectivity index (χ2v) is 9.47. The van der Waals surface area contributed by atoms with Gasteiger partial charge in [0.2, 0.25) is 0 Å². The molecular weight excluding hydrogens is 482 g/mol. The number of nitro benzene ring substituents is 1. The van der Waals surface area contributed by atoms with Crippen molar-refractivity contribution < 1.29 is 9.72 Å². The van der Waals surface area contributed by atoms with Crippen molar-refractivity contribution in [2.45, 2.75) is 26.4 Å². The minimum Gasteiger partial charge on any atom is -0.316 e. The van der Waals surface area contributed by atoms with Crippen LogP contribution < -0.4 is 10.9 Å². The van der Waals surface area contributed by atoms with Gasteiger partial charge >= 0.3 is 0 Å². The Labute approximate surface area is 220 Å². The summed E-state index contributed by atoms with van der Waals surface area (Å²) in [6.45, 7) is 4.49. The number of nitrogens with one attached hydrogen (secondary N) is 1. The van der Waals surface area contributed by atoms with E-state index in [-0.39, 0.29) is 23.0 Å². The van der Waals surface area contributed by atoms with Crippen molar-refractivity contribution in [1.82, 2.24) is 14.7 Å². The molecule has 0 fully saturated rings. The molecular formula is C29H29N5O4. The van der Waals surface area contributed by atoms with Gasteiger partial charge in [0, 0.05) is 29.8 Å². The molecule has 194 valence electrons. The molecule has 9 heteroatoms. The zero-order chi connectivity index (χ0) is 27.4. The van der Waals surface area contributed by atoms with Crippen molar-refractivity contribution in [1.29, 1.82) is 0 Å². The van der Waals surface area contributed by atoms with E-state index in [9.17, 15) is 19.7 Å². The summed E-state index contributed by atoms with van der Waals surface area (Å²) in [5.74, 6) is -0.465. The minimum atomic E-state index is -0.531. The highest BCUT2D eigenvalue weighted by Gasteiger charge is 2.18. The molecule has 3 aromatic carbocycles. The molecule has 0 radical (unpaired) electrons. The van der Waals surface area contributed by atoms with Crippen LogP contribution in [-0.4, -0.2) is 39.6 Å². The second-order valence-electron chi connectivity index (χ2n) is 9.47. The summed E-state index contributed by atoms with van der Waals surface area (Å²) in [5, 5.41) is 18.6. The third-order valence-corrected chi connectivity index (χ3v) is 6.19. The number of carbonyl (C=O) groups is 1. The van der Waals surface area contributed by atoms with Gasteiger partial charge in [-0.2, -0.15) is 5.10 Å². The second kappa shape index (κ2) is 11.2. The quantitative estimate of drug-likeness (QED) is 0.262. The maximum Gasteiger partial charge on any atom is 0.292 e. The SMILES string of the molecule is Cc1ccc([N+](=O)[O-])c(NC(=O)c2ccc([C@H](C)n3nc(-c4ccc(CN(C)C)cc4)ccc3=O)cc2)c1. The van der Waals surface area contributed by atoms with Crippen molar-refractivity contribution in [2.75, 3.05) is 19.4 Å². The zero-order valence-electron chi connectivity index (χ0n) is 21.7. The molecule has 0 spiro atoms. The molecule has 0 aliphatic rings. The highest BCUT2D eigenvalue weighted by molar-refractivity contribution is 6.05. The van der Waals surface area contributed by atoms with E-state index in [0.717, 1.165) is 23.2 Å². The van der Waals surface area contributed by atoms with E-state index in [1.165, 1.54) is 22.4 Å². The van der Waals surface area contributed by atoms with Gasteiger partial charge in [0.05, 0.1) is 16.7 Å². The topological polar surface area (TPSA) is 110 Å². The molecule has 0 saturated heterocycles. The van der Waals surface area contributed by atoms with Gasteiger partial charge in [-0.1, -0.05) is 42.5 Å². The van der Waals surface area contributed by atoms with Crippen molar-refractivity contribution in [3.8, 4) is 11.3 Å². The van der Waals surface area contributed by atoms with Crippen molar-refractivity contribution in [2.24, 2.45) is 0 Å². The standard InChI is InChI=1S/C29H29N5O4/c1-19-5-15-27(34(37)38)26(17-19)30-29(36)24-12-10-22(11-13-24)20(2)33-28(35)16-14-25(31-33)23-8-6-21(7-9-23)18-32(3)4/h5-17,20H,18H2,1-4H3,(H,30,36)/t20-/m0/s1. The van der Waals surface area contributed by atoms with Crippen molar-refractivity contribution in [3.63, 3.8) is 0 Å². The molecule has 1 atom stereocenters. The monoisotopic (exact) mass is 511 g/mol. The molecule has 0 bridgehead atoms. The molecule has 1 N–H and O–H groups in total. The molecule has 1 amide bonds. The zero-order valence-corrected chi connectivity index (χ0v) is 21.7. The number of amides is 1. The van der Waals surface area contributed by atoms with Crippen LogP contribution in [0.5, 0.6) is 0 Å². The number of aryl methyl sites for hydroxylation is 1. The van der Waals surface area contributed by atoms with Crippen LogP contribution in [0.2, 0.25) is 0 Å². The molecule has 4 aromatic rings. The number of hydrogen-bond donors (Lipinski definition) is 1. The fraction of sp³-hybridized carbons (Fsp3) is 0.207. The predicted molar refractivity (Wildman–Crippen MR) is 147 cm³/mol. The fourth-order valence-corrected chi connectivity index (χ4v) is 4.16. The summed E-state index contributed by atoms with van der Waals surface area (Å²) in [5.41, 5.74) is 4.42. The largest absolute Gasteiger partial charge is 0.316 e. The van der Waals surface area contributed by atoms with E-state index in [1.807, 2.05) is 45.3 Å². The Balaban J connectivity index is 1.54. The number of nitro groups is 1. The third kappa shape index (κ3) is 6.01. The molecule has 0 saturated carbocycles.